The lowest BCUT2D eigenvalue weighted by molar-refractivity contribution is -0.144. The van der Waals surface area contributed by atoms with Crippen molar-refractivity contribution in [3.8, 4) is 5.75 Å². The Kier molecular flexibility index (Phi) is 6.60. The molecule has 1 aromatic carbocycles. The van der Waals surface area contributed by atoms with Gasteiger partial charge in [0, 0.05) is 47.0 Å². The number of hydrogen-bond donors (Lipinski definition) is 1. The zero-order valence-corrected chi connectivity index (χ0v) is 20.8. The first kappa shape index (κ1) is 23.5. The third-order valence-electron chi connectivity index (χ3n) is 7.04. The number of ketones is 1. The van der Waals surface area contributed by atoms with E-state index >= 15 is 0 Å². The van der Waals surface area contributed by atoms with Gasteiger partial charge in [-0.1, -0.05) is 18.2 Å². The molecule has 2 atom stereocenters. The first-order valence-corrected chi connectivity index (χ1v) is 13.1. The predicted molar refractivity (Wildman–Crippen MR) is 133 cm³/mol. The Hall–Kier alpha value is -3.19. The molecule has 0 bridgehead atoms. The van der Waals surface area contributed by atoms with Crippen LogP contribution in [0, 0.1) is 0 Å². The van der Waals surface area contributed by atoms with Crippen LogP contribution in [0.25, 0.3) is 0 Å². The summed E-state index contributed by atoms with van der Waals surface area (Å²) in [6.07, 6.45) is 4.93. The predicted octanol–water partition coefficient (Wildman–Crippen LogP) is 5.52. The molecule has 0 spiro atoms. The van der Waals surface area contributed by atoms with Gasteiger partial charge in [0.25, 0.3) is 0 Å². The summed E-state index contributed by atoms with van der Waals surface area (Å²) >= 11 is 1.67. The van der Waals surface area contributed by atoms with Gasteiger partial charge in [-0.2, -0.15) is 0 Å². The van der Waals surface area contributed by atoms with Crippen LogP contribution >= 0.6 is 11.3 Å². The first-order valence-electron chi connectivity index (χ1n) is 12.2. The highest BCUT2D eigenvalue weighted by atomic mass is 32.1. The van der Waals surface area contributed by atoms with Gasteiger partial charge in [0.05, 0.1) is 5.57 Å². The number of esters is 2. The number of Topliss-reactive ketones (excluding diaryl/α,β-unsaturated/α-hetero) is 1. The van der Waals surface area contributed by atoms with E-state index in [1.165, 1.54) is 11.8 Å². The molecule has 1 aromatic heterocycles. The fourth-order valence-corrected chi connectivity index (χ4v) is 6.31. The molecule has 3 aliphatic rings. The minimum absolute atomic E-state index is 0.0462. The van der Waals surface area contributed by atoms with Crippen LogP contribution in [0.15, 0.2) is 64.3 Å². The maximum atomic E-state index is 13.6. The lowest BCUT2D eigenvalue weighted by atomic mass is 9.72. The van der Waals surface area contributed by atoms with Gasteiger partial charge < -0.3 is 14.8 Å². The highest BCUT2D eigenvalue weighted by Crippen LogP contribution is 2.46. The number of nitrogens with one attached hydrogen (secondary N) is 1. The number of ether oxygens (including phenoxy) is 2. The summed E-state index contributed by atoms with van der Waals surface area (Å²) in [5, 5.41) is 5.44. The molecule has 1 aliphatic heterocycles. The average molecular weight is 492 g/mol. The summed E-state index contributed by atoms with van der Waals surface area (Å²) in [5.41, 5.74) is 3.53. The van der Waals surface area contributed by atoms with Gasteiger partial charge in [-0.15, -0.1) is 11.3 Å². The molecule has 182 valence electrons. The van der Waals surface area contributed by atoms with Crippen molar-refractivity contribution in [3.63, 3.8) is 0 Å². The molecule has 0 saturated heterocycles. The minimum atomic E-state index is -0.525. The van der Waals surface area contributed by atoms with E-state index in [4.69, 9.17) is 9.47 Å². The molecular weight excluding hydrogens is 462 g/mol. The quantitative estimate of drug-likeness (QED) is 0.438. The van der Waals surface area contributed by atoms with Gasteiger partial charge in [-0.3, -0.25) is 9.59 Å². The molecule has 6 nitrogen and oxygen atoms in total. The highest BCUT2D eigenvalue weighted by Gasteiger charge is 2.42. The van der Waals surface area contributed by atoms with Gasteiger partial charge in [0.2, 0.25) is 0 Å². The number of carbonyl (C=O) groups excluding carboxylic acids is 3. The van der Waals surface area contributed by atoms with E-state index in [1.807, 2.05) is 30.5 Å². The van der Waals surface area contributed by atoms with Gasteiger partial charge in [0.15, 0.2) is 5.78 Å². The maximum absolute atomic E-state index is 13.6. The molecule has 1 N–H and O–H groups in total. The minimum Gasteiger partial charge on any atom is -0.459 e. The van der Waals surface area contributed by atoms with E-state index in [1.54, 1.807) is 23.5 Å². The number of allylic oxidation sites excluding steroid dienone is 3. The van der Waals surface area contributed by atoms with Crippen molar-refractivity contribution in [2.75, 3.05) is 0 Å². The lowest BCUT2D eigenvalue weighted by Crippen LogP contribution is -2.36. The summed E-state index contributed by atoms with van der Waals surface area (Å²) in [6, 6.07) is 11.2. The Labute approximate surface area is 209 Å². The van der Waals surface area contributed by atoms with Crippen LogP contribution in [0.5, 0.6) is 5.75 Å². The lowest BCUT2D eigenvalue weighted by Gasteiger charge is -2.36. The first-order chi connectivity index (χ1) is 16.9. The summed E-state index contributed by atoms with van der Waals surface area (Å²) in [4.78, 5) is 39.6. The van der Waals surface area contributed by atoms with Crippen molar-refractivity contribution in [3.05, 3.63) is 74.8 Å². The number of carbonyl (C=O) groups is 3. The molecule has 2 aliphatic carbocycles. The Balaban J connectivity index is 1.53. The largest absolute Gasteiger partial charge is 0.459 e. The third kappa shape index (κ3) is 4.82. The molecule has 2 aromatic rings. The number of benzene rings is 1. The summed E-state index contributed by atoms with van der Waals surface area (Å²) in [5.74, 6) is -0.694. The Morgan fingerprint density at radius 2 is 1.80 bits per heavy atom. The van der Waals surface area contributed by atoms with Crippen LogP contribution in [-0.4, -0.2) is 23.8 Å². The van der Waals surface area contributed by atoms with Crippen molar-refractivity contribution < 1.29 is 23.9 Å². The second kappa shape index (κ2) is 9.82. The van der Waals surface area contributed by atoms with Crippen molar-refractivity contribution in [2.24, 2.45) is 0 Å². The van der Waals surface area contributed by atoms with Crippen LogP contribution < -0.4 is 10.1 Å². The number of thiophene rings is 1. The van der Waals surface area contributed by atoms with E-state index in [0.717, 1.165) is 42.6 Å². The van der Waals surface area contributed by atoms with Crippen molar-refractivity contribution >= 4 is 29.1 Å². The maximum Gasteiger partial charge on any atom is 0.337 e. The van der Waals surface area contributed by atoms with Gasteiger partial charge in [0.1, 0.15) is 11.9 Å². The van der Waals surface area contributed by atoms with E-state index in [2.05, 4.69) is 11.4 Å². The van der Waals surface area contributed by atoms with Crippen molar-refractivity contribution in [1.29, 1.82) is 0 Å². The molecule has 7 heteroatoms. The monoisotopic (exact) mass is 491 g/mol. The Morgan fingerprint density at radius 1 is 1.06 bits per heavy atom. The number of rotatable bonds is 5. The molecule has 1 saturated carbocycles. The molecule has 1 fully saturated rings. The standard InChI is InChI=1S/C28H29NO5S/c1-16-25(28(32)34-20-6-3-4-7-20)26(18-9-11-21(12-10-18)33-17(2)30)27-22(29-16)14-19(15-23(27)31)24-8-5-13-35-24/h5,8-13,19-20,26,29H,3-4,6-7,14-15H2,1-2H3. The van der Waals surface area contributed by atoms with Crippen LogP contribution in [0.2, 0.25) is 0 Å². The summed E-state index contributed by atoms with van der Waals surface area (Å²) in [7, 11) is 0. The third-order valence-corrected chi connectivity index (χ3v) is 8.08. The average Bonchev–Trinajstić information content (AvgIpc) is 3.53. The SMILES string of the molecule is CC(=O)Oc1ccc(C2C(C(=O)OC3CCCC3)=C(C)NC3=C2C(=O)CC(c2cccs2)C3)cc1. The molecule has 0 radical (unpaired) electrons. The fraction of sp³-hybridized carbons (Fsp3) is 0.393. The molecular formula is C28H29NO5S. The van der Waals surface area contributed by atoms with Gasteiger partial charge in [-0.25, -0.2) is 4.79 Å². The van der Waals surface area contributed by atoms with Crippen molar-refractivity contribution in [2.45, 2.75) is 70.3 Å². The molecule has 2 unspecified atom stereocenters. The van der Waals surface area contributed by atoms with E-state index in [9.17, 15) is 14.4 Å². The van der Waals surface area contributed by atoms with E-state index in [-0.39, 0.29) is 23.8 Å². The normalized spacial score (nSPS) is 22.6. The van der Waals surface area contributed by atoms with Crippen LogP contribution in [0.4, 0.5) is 0 Å². The molecule has 0 amide bonds. The Morgan fingerprint density at radius 3 is 2.46 bits per heavy atom. The molecule has 5 rings (SSSR count). The second-order valence-electron chi connectivity index (χ2n) is 9.51. The zero-order chi connectivity index (χ0) is 24.5. The zero-order valence-electron chi connectivity index (χ0n) is 20.0. The number of hydrogen-bond acceptors (Lipinski definition) is 7. The fourth-order valence-electron chi connectivity index (χ4n) is 5.48. The summed E-state index contributed by atoms with van der Waals surface area (Å²) in [6.45, 7) is 3.24. The van der Waals surface area contributed by atoms with Crippen molar-refractivity contribution in [1.82, 2.24) is 5.32 Å². The van der Waals surface area contributed by atoms with Crippen LogP contribution in [-0.2, 0) is 19.1 Å². The van der Waals surface area contributed by atoms with Crippen LogP contribution in [0.1, 0.15) is 74.6 Å². The Bertz CT molecular complexity index is 1200. The van der Waals surface area contributed by atoms with Gasteiger partial charge >= 0.3 is 11.9 Å². The number of dihydropyridines is 1. The molecule has 2 heterocycles. The van der Waals surface area contributed by atoms with E-state index < -0.39 is 11.9 Å². The van der Waals surface area contributed by atoms with Crippen LogP contribution in [0.3, 0.4) is 0 Å². The molecule has 35 heavy (non-hydrogen) atoms. The second-order valence-corrected chi connectivity index (χ2v) is 10.5. The van der Waals surface area contributed by atoms with E-state index in [0.29, 0.717) is 29.7 Å². The highest BCUT2D eigenvalue weighted by molar-refractivity contribution is 7.10. The van der Waals surface area contributed by atoms with Gasteiger partial charge in [-0.05, 0) is 68.2 Å². The smallest absolute Gasteiger partial charge is 0.337 e. The summed E-state index contributed by atoms with van der Waals surface area (Å²) < 4.78 is 11.1. The topological polar surface area (TPSA) is 81.7 Å².